The van der Waals surface area contributed by atoms with Gasteiger partial charge in [0.2, 0.25) is 0 Å². The quantitative estimate of drug-likeness (QED) is 0.0514. The molecular formula is C74H61BrClN9O11. The minimum absolute atomic E-state index is 0.0179. The first-order valence-corrected chi connectivity index (χ1v) is 30.9. The van der Waals surface area contributed by atoms with E-state index in [0.717, 1.165) is 54.0 Å². The van der Waals surface area contributed by atoms with Gasteiger partial charge in [0.05, 0.1) is 64.1 Å². The van der Waals surface area contributed by atoms with Crippen LogP contribution in [0.3, 0.4) is 0 Å². The van der Waals surface area contributed by atoms with E-state index in [-0.39, 0.29) is 33.8 Å². The van der Waals surface area contributed by atoms with Crippen molar-refractivity contribution in [2.75, 3.05) is 5.73 Å². The molecule has 13 aromatic rings. The zero-order valence-electron chi connectivity index (χ0n) is 52.9. The number of hydrogen-bond acceptors (Lipinski definition) is 16. The number of halogens is 2. The first-order chi connectivity index (χ1) is 45.9. The molecule has 0 radical (unpaired) electrons. The topological polar surface area (TPSA) is 292 Å². The number of esters is 2. The van der Waals surface area contributed by atoms with E-state index in [0.29, 0.717) is 43.6 Å². The molecule has 1 saturated heterocycles. The molecular weight excluding hydrogens is 1310 g/mol. The number of nitrogens with two attached hydrogens (primary N) is 1. The Morgan fingerprint density at radius 2 is 0.823 bits per heavy atom. The van der Waals surface area contributed by atoms with Gasteiger partial charge >= 0.3 is 11.9 Å². The van der Waals surface area contributed by atoms with Gasteiger partial charge in [-0.1, -0.05) is 131 Å². The van der Waals surface area contributed by atoms with Crippen LogP contribution in [0.2, 0.25) is 5.02 Å². The van der Waals surface area contributed by atoms with Gasteiger partial charge in [-0.15, -0.1) is 0 Å². The zero-order chi connectivity index (χ0) is 69.0. The number of fused-ring (bicyclic) bond motifs is 5. The minimum atomic E-state index is -1.08. The van der Waals surface area contributed by atoms with Crippen molar-refractivity contribution in [3.63, 3.8) is 0 Å². The monoisotopic (exact) mass is 1370 g/mol. The number of benzene rings is 8. The van der Waals surface area contributed by atoms with Crippen LogP contribution in [-0.4, -0.2) is 57.4 Å². The second-order valence-corrected chi connectivity index (χ2v) is 23.5. The van der Waals surface area contributed by atoms with Crippen molar-refractivity contribution in [3.8, 4) is 33.4 Å². The lowest BCUT2D eigenvalue weighted by Gasteiger charge is -2.28. The Labute approximate surface area is 563 Å². The number of hydrogen-bond donors (Lipinski definition) is 2. The van der Waals surface area contributed by atoms with Crippen molar-refractivity contribution in [2.24, 2.45) is 0 Å². The van der Waals surface area contributed by atoms with Gasteiger partial charge in [-0.25, -0.2) is 0 Å². The number of aryl methyl sites for hydroxylation is 5. The van der Waals surface area contributed by atoms with Crippen LogP contribution in [0.5, 0.6) is 0 Å². The van der Waals surface area contributed by atoms with Crippen LogP contribution in [0, 0.1) is 65.0 Å². The summed E-state index contributed by atoms with van der Waals surface area (Å²) >= 11 is 9.51. The molecule has 5 aromatic heterocycles. The van der Waals surface area contributed by atoms with Crippen LogP contribution in [0.1, 0.15) is 48.1 Å². The number of aromatic nitrogens is 5. The maximum Gasteiger partial charge on any atom is 0.320 e. The van der Waals surface area contributed by atoms with E-state index in [1.165, 1.54) is 77.5 Å². The fraction of sp³-hybridized carbons (Fsp3) is 0.122. The molecule has 1 aliphatic rings. The number of nitro benzene ring substituents is 3. The standard InChI is InChI=1S/C16H12BrN.C16H12N2O2.C16H14N2.C10H7ClN2O2.C10H8N2O3.C6H8O4/c1-11-15(17)8-7-14-13(9-10-18-16(11)14)12-5-3-2-4-6-12;1-11-15(18(19)20)8-7-14-13(9-10-17-16(11)14)12-5-3-2-4-6-12;1-11-15(17)8-7-14-13(9-10-18-16(11)14)12-5-3-2-4-6-12;1-6-9(13(14)15)3-2-7-8(11)4-5-12-10(6)7;1-6-8(12(14)15)3-2-7-9(13)4-5-11-10(6)7;1-6(2)9-4(7)3-5(8)10-6/h2-10H,1H3;2-10H,1H3;2-10H,17H2,1H3;2-5H,1H3;2-5H,1H3,(H,11,13);3H2,1-2H3. The van der Waals surface area contributed by atoms with E-state index in [1.54, 1.807) is 57.4 Å². The predicted molar refractivity (Wildman–Crippen MR) is 379 cm³/mol. The third-order valence-electron chi connectivity index (χ3n) is 15.5. The molecule has 0 saturated carbocycles. The Morgan fingerprint density at radius 1 is 0.458 bits per heavy atom. The van der Waals surface area contributed by atoms with E-state index in [9.17, 15) is 44.7 Å². The summed E-state index contributed by atoms with van der Waals surface area (Å²) in [5.41, 5.74) is 21.4. The summed E-state index contributed by atoms with van der Waals surface area (Å²) in [6.45, 7) is 12.2. The van der Waals surface area contributed by atoms with E-state index in [1.807, 2.05) is 98.2 Å². The Bertz CT molecular complexity index is 5030. The number of nitrogen functional groups attached to an aromatic ring is 1. The first kappa shape index (κ1) is 68.7. The van der Waals surface area contributed by atoms with Gasteiger partial charge in [0.25, 0.3) is 22.8 Å². The van der Waals surface area contributed by atoms with Crippen molar-refractivity contribution in [2.45, 2.75) is 60.7 Å². The first-order valence-electron chi connectivity index (χ1n) is 29.7. The average Bonchev–Trinajstić information content (AvgIpc) is 0.809. The lowest BCUT2D eigenvalue weighted by atomic mass is 9.99. The molecule has 0 bridgehead atoms. The van der Waals surface area contributed by atoms with Crippen LogP contribution in [0.15, 0.2) is 222 Å². The predicted octanol–water partition coefficient (Wildman–Crippen LogP) is 17.9. The summed E-state index contributed by atoms with van der Waals surface area (Å²) < 4.78 is 10.4. The highest BCUT2D eigenvalue weighted by molar-refractivity contribution is 9.10. The fourth-order valence-electron chi connectivity index (χ4n) is 10.7. The molecule has 0 aliphatic carbocycles. The summed E-state index contributed by atoms with van der Waals surface area (Å²) in [5, 5.41) is 37.4. The largest absolute Gasteiger partial charge is 0.423 e. The van der Waals surface area contributed by atoms with Crippen LogP contribution in [0.4, 0.5) is 22.7 Å². The summed E-state index contributed by atoms with van der Waals surface area (Å²) in [6.07, 6.45) is 8.18. The molecule has 20 nitrogen and oxygen atoms in total. The number of nitrogens with zero attached hydrogens (tertiary/aromatic N) is 7. The third kappa shape index (κ3) is 15.9. The molecule has 0 atom stereocenters. The van der Waals surface area contributed by atoms with Crippen LogP contribution >= 0.6 is 27.5 Å². The molecule has 1 fully saturated rings. The molecule has 96 heavy (non-hydrogen) atoms. The number of ether oxygens (including phenoxy) is 2. The molecule has 3 N–H and O–H groups in total. The lowest BCUT2D eigenvalue weighted by molar-refractivity contribution is -0.385. The van der Waals surface area contributed by atoms with Crippen LogP contribution in [0.25, 0.3) is 87.9 Å². The SMILES string of the molecule is CC1(C)OC(=O)CC(=O)O1.Cc1c(Br)ccc2c(-c3ccccc3)ccnc12.Cc1c(N)ccc2c(-c3ccccc3)ccnc12.Cc1c([N+](=O)[O-])ccc2c(-c3ccccc3)ccnc12.Cc1c([N+](=O)[O-])ccc2c(=O)cc[nH]c12.Cc1c([N+](=O)[O-])ccc2c(Cl)ccnc12. The highest BCUT2D eigenvalue weighted by atomic mass is 79.9. The van der Waals surface area contributed by atoms with E-state index >= 15 is 0 Å². The number of H-pyrrole nitrogens is 1. The molecule has 22 heteroatoms. The molecule has 1 aliphatic heterocycles. The van der Waals surface area contributed by atoms with Gasteiger partial charge in [-0.05, 0) is 134 Å². The maximum absolute atomic E-state index is 11.4. The number of anilines is 1. The normalized spacial score (nSPS) is 12.0. The van der Waals surface area contributed by atoms with Crippen molar-refractivity contribution < 1.29 is 33.8 Å². The van der Waals surface area contributed by atoms with Gasteiger partial charge in [0.15, 0.2) is 5.43 Å². The Hall–Kier alpha value is -11.7. The van der Waals surface area contributed by atoms with Crippen LogP contribution < -0.4 is 11.2 Å². The lowest BCUT2D eigenvalue weighted by Crippen LogP contribution is -2.39. The Morgan fingerprint density at radius 3 is 1.26 bits per heavy atom. The number of carbonyl (C=O) groups is 2. The third-order valence-corrected chi connectivity index (χ3v) is 16.7. The van der Waals surface area contributed by atoms with Gasteiger partial charge in [-0.3, -0.25) is 64.7 Å². The number of carbonyl (C=O) groups excluding carboxylic acids is 2. The molecule has 0 amide bonds. The molecule has 0 unspecified atom stereocenters. The number of nitrogens with one attached hydrogen (secondary N) is 1. The second kappa shape index (κ2) is 30.4. The highest BCUT2D eigenvalue weighted by Gasteiger charge is 2.34. The Balaban J connectivity index is 0.000000137. The van der Waals surface area contributed by atoms with Gasteiger partial charge in [0, 0.05) is 106 Å². The molecule has 6 heterocycles. The fourth-order valence-corrected chi connectivity index (χ4v) is 11.2. The number of rotatable bonds is 6. The summed E-state index contributed by atoms with van der Waals surface area (Å²) in [5.74, 6) is -2.13. The number of pyridine rings is 5. The zero-order valence-corrected chi connectivity index (χ0v) is 55.2. The maximum atomic E-state index is 11.4. The van der Waals surface area contributed by atoms with E-state index in [4.69, 9.17) is 17.3 Å². The molecule has 14 rings (SSSR count). The molecule has 8 aromatic carbocycles. The highest BCUT2D eigenvalue weighted by Crippen LogP contribution is 2.36. The summed E-state index contributed by atoms with van der Waals surface area (Å²) in [4.78, 5) is 83.9. The average molecular weight is 1370 g/mol. The van der Waals surface area contributed by atoms with Gasteiger partial charge in [0.1, 0.15) is 6.42 Å². The van der Waals surface area contributed by atoms with E-state index in [2.05, 4.69) is 112 Å². The number of nitro groups is 3. The number of aromatic amines is 1. The van der Waals surface area contributed by atoms with E-state index < -0.39 is 27.6 Å². The van der Waals surface area contributed by atoms with Crippen LogP contribution in [-0.2, 0) is 19.1 Å². The number of cyclic esters (lactones) is 2. The summed E-state index contributed by atoms with van der Waals surface area (Å²) in [7, 11) is 0. The van der Waals surface area contributed by atoms with Crippen molar-refractivity contribution in [3.05, 3.63) is 291 Å². The molecule has 0 spiro atoms. The van der Waals surface area contributed by atoms with Gasteiger partial charge < -0.3 is 20.2 Å². The second-order valence-electron chi connectivity index (χ2n) is 22.2. The van der Waals surface area contributed by atoms with Crippen molar-refractivity contribution >= 4 is 117 Å². The van der Waals surface area contributed by atoms with Gasteiger partial charge in [-0.2, -0.15) is 0 Å². The van der Waals surface area contributed by atoms with Crippen molar-refractivity contribution in [1.29, 1.82) is 0 Å². The Kier molecular flexibility index (Phi) is 21.7. The van der Waals surface area contributed by atoms with Crippen molar-refractivity contribution in [1.82, 2.24) is 24.9 Å². The molecule has 482 valence electrons. The summed E-state index contributed by atoms with van der Waals surface area (Å²) in [6, 6.07) is 57.3. The minimum Gasteiger partial charge on any atom is -0.423 e. The smallest absolute Gasteiger partial charge is 0.320 e.